The third-order valence-electron chi connectivity index (χ3n) is 6.99. The highest BCUT2D eigenvalue weighted by Crippen LogP contribution is 2.40. The van der Waals surface area contributed by atoms with Gasteiger partial charge >= 0.3 is 0 Å². The molecule has 9 heteroatoms. The zero-order valence-electron chi connectivity index (χ0n) is 19.7. The Bertz CT molecular complexity index is 1000. The molecule has 3 heterocycles. The number of likely N-dealkylation sites (tertiary alicyclic amines) is 1. The number of hydrogen-bond donors (Lipinski definition) is 1. The summed E-state index contributed by atoms with van der Waals surface area (Å²) in [6, 6.07) is 4.92. The van der Waals surface area contributed by atoms with E-state index in [-0.39, 0.29) is 22.6 Å². The third kappa shape index (κ3) is 5.04. The van der Waals surface area contributed by atoms with Crippen LogP contribution in [-0.2, 0) is 19.6 Å². The Morgan fingerprint density at radius 1 is 1.18 bits per heavy atom. The maximum Gasteiger partial charge on any atom is 0.261 e. The summed E-state index contributed by atoms with van der Waals surface area (Å²) in [6.07, 6.45) is 2.56. The van der Waals surface area contributed by atoms with Gasteiger partial charge in [-0.25, -0.2) is 8.42 Å². The minimum absolute atomic E-state index is 0.184. The lowest BCUT2D eigenvalue weighted by molar-refractivity contribution is -0.127. The zero-order chi connectivity index (χ0) is 23.8. The number of rotatable bonds is 7. The summed E-state index contributed by atoms with van der Waals surface area (Å²) < 4.78 is 34.0. The van der Waals surface area contributed by atoms with Crippen LogP contribution >= 0.6 is 0 Å². The fraction of sp³-hybridized carbons (Fsp3) is 0.667. The highest BCUT2D eigenvalue weighted by atomic mass is 32.2. The molecule has 3 aliphatic rings. The summed E-state index contributed by atoms with van der Waals surface area (Å²) in [5.74, 6) is 0.936. The van der Waals surface area contributed by atoms with E-state index in [2.05, 4.69) is 19.2 Å². The van der Waals surface area contributed by atoms with Crippen molar-refractivity contribution in [2.24, 2.45) is 11.8 Å². The Hall–Kier alpha value is -2.13. The monoisotopic (exact) mass is 477 g/mol. The Kier molecular flexibility index (Phi) is 7.00. The number of nitrogens with zero attached hydrogens (tertiary/aromatic N) is 2. The van der Waals surface area contributed by atoms with Crippen LogP contribution in [0.25, 0.3) is 0 Å². The van der Waals surface area contributed by atoms with Crippen molar-refractivity contribution in [1.29, 1.82) is 0 Å². The van der Waals surface area contributed by atoms with Crippen LogP contribution in [0.4, 0.5) is 0 Å². The van der Waals surface area contributed by atoms with Gasteiger partial charge in [0, 0.05) is 50.6 Å². The number of piperidine rings is 1. The second-order valence-corrected chi connectivity index (χ2v) is 11.9. The Balaban J connectivity index is 1.37. The summed E-state index contributed by atoms with van der Waals surface area (Å²) in [7, 11) is -3.60. The first kappa shape index (κ1) is 24.0. The van der Waals surface area contributed by atoms with E-state index in [4.69, 9.17) is 4.74 Å². The van der Waals surface area contributed by atoms with Gasteiger partial charge in [-0.05, 0) is 49.3 Å². The molecule has 2 fully saturated rings. The van der Waals surface area contributed by atoms with Crippen LogP contribution in [0.5, 0.6) is 5.75 Å². The summed E-state index contributed by atoms with van der Waals surface area (Å²) >= 11 is 0. The predicted molar refractivity (Wildman–Crippen MR) is 124 cm³/mol. The highest BCUT2D eigenvalue weighted by Gasteiger charge is 2.38. The Morgan fingerprint density at radius 3 is 2.58 bits per heavy atom. The van der Waals surface area contributed by atoms with Crippen LogP contribution in [0.1, 0.15) is 57.9 Å². The van der Waals surface area contributed by atoms with Crippen LogP contribution in [-0.4, -0.2) is 68.3 Å². The molecule has 4 unspecified atom stereocenters. The van der Waals surface area contributed by atoms with Gasteiger partial charge in [0.25, 0.3) is 5.91 Å². The number of hydrogen-bond acceptors (Lipinski definition) is 5. The molecule has 0 spiro atoms. The molecule has 1 aromatic carbocycles. The van der Waals surface area contributed by atoms with E-state index in [9.17, 15) is 18.0 Å². The molecule has 1 aromatic rings. The van der Waals surface area contributed by atoms with Crippen molar-refractivity contribution in [3.05, 3.63) is 23.8 Å². The van der Waals surface area contributed by atoms with Crippen molar-refractivity contribution < 1.29 is 22.7 Å². The van der Waals surface area contributed by atoms with E-state index in [0.717, 1.165) is 24.9 Å². The van der Waals surface area contributed by atoms with E-state index < -0.39 is 16.1 Å². The van der Waals surface area contributed by atoms with Gasteiger partial charge in [-0.3, -0.25) is 9.59 Å². The first-order chi connectivity index (χ1) is 15.7. The van der Waals surface area contributed by atoms with Crippen molar-refractivity contribution in [2.75, 3.05) is 32.7 Å². The van der Waals surface area contributed by atoms with Crippen molar-refractivity contribution in [3.63, 3.8) is 0 Å². The van der Waals surface area contributed by atoms with Gasteiger partial charge in [-0.1, -0.05) is 20.8 Å². The Morgan fingerprint density at radius 2 is 1.91 bits per heavy atom. The van der Waals surface area contributed by atoms with E-state index >= 15 is 0 Å². The molecule has 0 radical (unpaired) electrons. The summed E-state index contributed by atoms with van der Waals surface area (Å²) in [6.45, 7) is 9.04. The molecule has 4 rings (SSSR count). The number of nitrogens with one attached hydrogen (secondary N) is 1. The molecule has 3 aliphatic heterocycles. The number of sulfonamides is 1. The van der Waals surface area contributed by atoms with Gasteiger partial charge in [-0.15, -0.1) is 0 Å². The number of carbonyl (C=O) groups is 2. The molecular formula is C24H35N3O5S. The summed E-state index contributed by atoms with van der Waals surface area (Å²) in [5.41, 5.74) is 0.747. The molecular weight excluding hydrogens is 442 g/mol. The lowest BCUT2D eigenvalue weighted by Crippen LogP contribution is -2.42. The second-order valence-electron chi connectivity index (χ2n) is 9.92. The van der Waals surface area contributed by atoms with Gasteiger partial charge < -0.3 is 15.0 Å². The van der Waals surface area contributed by atoms with Crippen LogP contribution < -0.4 is 10.1 Å². The van der Waals surface area contributed by atoms with Gasteiger partial charge in [0.2, 0.25) is 15.9 Å². The third-order valence-corrected chi connectivity index (χ3v) is 8.81. The predicted octanol–water partition coefficient (Wildman–Crippen LogP) is 2.35. The first-order valence-corrected chi connectivity index (χ1v) is 13.5. The number of amides is 2. The summed E-state index contributed by atoms with van der Waals surface area (Å²) in [5, 5.41) is 2.91. The Labute approximate surface area is 196 Å². The minimum atomic E-state index is -3.60. The molecule has 182 valence electrons. The molecule has 4 atom stereocenters. The molecule has 0 aromatic heterocycles. The molecule has 2 amide bonds. The van der Waals surface area contributed by atoms with Gasteiger partial charge in [0.15, 0.2) is 6.10 Å². The number of ether oxygens (including phenoxy) is 1. The maximum atomic E-state index is 13.3. The second kappa shape index (κ2) is 9.62. The quantitative estimate of drug-likeness (QED) is 0.608. The number of fused-ring (bicyclic) bond motifs is 1. The molecule has 8 nitrogen and oxygen atoms in total. The lowest BCUT2D eigenvalue weighted by Gasteiger charge is -2.34. The fourth-order valence-electron chi connectivity index (χ4n) is 5.31. The largest absolute Gasteiger partial charge is 0.480 e. The first-order valence-electron chi connectivity index (χ1n) is 12.0. The van der Waals surface area contributed by atoms with Crippen molar-refractivity contribution in [1.82, 2.24) is 14.5 Å². The van der Waals surface area contributed by atoms with Crippen molar-refractivity contribution >= 4 is 21.8 Å². The highest BCUT2D eigenvalue weighted by molar-refractivity contribution is 7.89. The topological polar surface area (TPSA) is 96.0 Å². The van der Waals surface area contributed by atoms with Crippen LogP contribution in [0.15, 0.2) is 23.1 Å². The van der Waals surface area contributed by atoms with E-state index in [1.165, 1.54) is 0 Å². The molecule has 0 saturated carbocycles. The van der Waals surface area contributed by atoms with E-state index in [0.29, 0.717) is 56.6 Å². The lowest BCUT2D eigenvalue weighted by atomic mass is 9.94. The smallest absolute Gasteiger partial charge is 0.261 e. The fourth-order valence-corrected chi connectivity index (χ4v) is 7.02. The van der Waals surface area contributed by atoms with Crippen molar-refractivity contribution in [3.8, 4) is 5.75 Å². The molecule has 2 saturated heterocycles. The SMILES string of the molecule is CC1CC(C)CN(S(=O)(=O)c2ccc3c(c2)C(C)C(C(=O)NCCCN2CCCC2=O)O3)C1. The average molecular weight is 478 g/mol. The zero-order valence-corrected chi connectivity index (χ0v) is 20.6. The normalized spacial score (nSPS) is 28.0. The van der Waals surface area contributed by atoms with Gasteiger partial charge in [0.05, 0.1) is 4.90 Å². The van der Waals surface area contributed by atoms with Gasteiger partial charge in [-0.2, -0.15) is 4.31 Å². The van der Waals surface area contributed by atoms with Crippen molar-refractivity contribution in [2.45, 2.75) is 63.4 Å². The number of carbonyl (C=O) groups excluding carboxylic acids is 2. The standard InChI is InChI=1S/C24H35N3O5S/c1-16-12-17(2)15-27(14-16)33(30,31)19-7-8-21-20(13-19)18(3)23(32-21)24(29)25-9-5-11-26-10-4-6-22(26)28/h7-8,13,16-18,23H,4-6,9-12,14-15H2,1-3H3,(H,25,29). The van der Waals surface area contributed by atoms with E-state index in [1.807, 2.05) is 11.8 Å². The molecule has 0 bridgehead atoms. The molecule has 0 aliphatic carbocycles. The molecule has 1 N–H and O–H groups in total. The minimum Gasteiger partial charge on any atom is -0.480 e. The van der Waals surface area contributed by atoms with Gasteiger partial charge in [0.1, 0.15) is 5.75 Å². The number of benzene rings is 1. The van der Waals surface area contributed by atoms with Crippen LogP contribution in [0.3, 0.4) is 0 Å². The average Bonchev–Trinajstić information content (AvgIpc) is 3.33. The van der Waals surface area contributed by atoms with E-state index in [1.54, 1.807) is 22.5 Å². The van der Waals surface area contributed by atoms with Crippen LogP contribution in [0.2, 0.25) is 0 Å². The van der Waals surface area contributed by atoms with Crippen LogP contribution in [0, 0.1) is 11.8 Å². The summed E-state index contributed by atoms with van der Waals surface area (Å²) in [4.78, 5) is 26.5. The maximum absolute atomic E-state index is 13.3. The molecule has 33 heavy (non-hydrogen) atoms.